The summed E-state index contributed by atoms with van der Waals surface area (Å²) in [6, 6.07) is 4.40. The molecule has 2 aliphatic heterocycles. The lowest BCUT2D eigenvalue weighted by molar-refractivity contribution is -0.140. The standard InChI is InChI=1S/C15H18N2O4/c18-13(11-2-1-3-12(17-11)14(19)20)16-9-15-6-4-10(5-7-15)8-21-15/h1-3,10H,4-9H2,(H,16,18)(H,19,20). The summed E-state index contributed by atoms with van der Waals surface area (Å²) in [5.41, 5.74) is -0.250. The quantitative estimate of drug-likeness (QED) is 0.876. The molecule has 1 aromatic heterocycles. The highest BCUT2D eigenvalue weighted by Gasteiger charge is 2.41. The molecule has 4 rings (SSSR count). The van der Waals surface area contributed by atoms with Crippen molar-refractivity contribution in [2.24, 2.45) is 5.92 Å². The average molecular weight is 290 g/mol. The molecule has 6 heteroatoms. The molecule has 1 amide bonds. The van der Waals surface area contributed by atoms with E-state index in [0.717, 1.165) is 32.3 Å². The Morgan fingerprint density at radius 1 is 1.33 bits per heavy atom. The molecule has 2 saturated heterocycles. The van der Waals surface area contributed by atoms with Gasteiger partial charge >= 0.3 is 5.97 Å². The van der Waals surface area contributed by atoms with Gasteiger partial charge in [0, 0.05) is 6.54 Å². The van der Waals surface area contributed by atoms with E-state index in [4.69, 9.17) is 9.84 Å². The van der Waals surface area contributed by atoms with Gasteiger partial charge in [0.25, 0.3) is 5.91 Å². The summed E-state index contributed by atoms with van der Waals surface area (Å²) in [5.74, 6) is -0.822. The zero-order valence-corrected chi connectivity index (χ0v) is 11.7. The second-order valence-corrected chi connectivity index (χ2v) is 5.83. The van der Waals surface area contributed by atoms with Crippen LogP contribution >= 0.6 is 0 Å². The van der Waals surface area contributed by atoms with Crippen LogP contribution in [0.2, 0.25) is 0 Å². The van der Waals surface area contributed by atoms with Crippen LogP contribution in [0.15, 0.2) is 18.2 Å². The Hall–Kier alpha value is -1.95. The van der Waals surface area contributed by atoms with Gasteiger partial charge in [0.2, 0.25) is 0 Å². The molecule has 1 aliphatic carbocycles. The van der Waals surface area contributed by atoms with E-state index in [1.807, 2.05) is 0 Å². The first-order valence-electron chi connectivity index (χ1n) is 7.20. The summed E-state index contributed by atoms with van der Waals surface area (Å²) in [5, 5.41) is 11.7. The van der Waals surface area contributed by atoms with Crippen LogP contribution in [0, 0.1) is 5.92 Å². The molecule has 2 bridgehead atoms. The van der Waals surface area contributed by atoms with Crippen LogP contribution in [-0.2, 0) is 4.74 Å². The van der Waals surface area contributed by atoms with Crippen molar-refractivity contribution in [1.82, 2.24) is 10.3 Å². The molecule has 112 valence electrons. The van der Waals surface area contributed by atoms with Crippen LogP contribution < -0.4 is 5.32 Å². The molecule has 3 aliphatic rings. The zero-order valence-electron chi connectivity index (χ0n) is 11.7. The van der Waals surface area contributed by atoms with Gasteiger partial charge in [0.1, 0.15) is 11.4 Å². The van der Waals surface area contributed by atoms with Gasteiger partial charge in [0.15, 0.2) is 0 Å². The molecule has 0 spiro atoms. The van der Waals surface area contributed by atoms with Crippen LogP contribution in [0.3, 0.4) is 0 Å². The number of aromatic carboxylic acids is 1. The molecule has 0 atom stereocenters. The van der Waals surface area contributed by atoms with Gasteiger partial charge in [-0.1, -0.05) is 6.07 Å². The first-order chi connectivity index (χ1) is 10.1. The van der Waals surface area contributed by atoms with E-state index in [1.54, 1.807) is 0 Å². The zero-order chi connectivity index (χ0) is 14.9. The number of amides is 1. The monoisotopic (exact) mass is 290 g/mol. The third-order valence-electron chi connectivity index (χ3n) is 4.41. The third kappa shape index (κ3) is 2.90. The molecular weight excluding hydrogens is 272 g/mol. The second kappa shape index (κ2) is 5.44. The van der Waals surface area contributed by atoms with Crippen molar-refractivity contribution in [1.29, 1.82) is 0 Å². The van der Waals surface area contributed by atoms with E-state index in [-0.39, 0.29) is 22.9 Å². The van der Waals surface area contributed by atoms with Gasteiger partial charge in [-0.3, -0.25) is 4.79 Å². The Morgan fingerprint density at radius 3 is 2.67 bits per heavy atom. The lowest BCUT2D eigenvalue weighted by atomic mass is 9.76. The Kier molecular flexibility index (Phi) is 3.63. The molecule has 6 nitrogen and oxygen atoms in total. The van der Waals surface area contributed by atoms with E-state index in [9.17, 15) is 9.59 Å². The van der Waals surface area contributed by atoms with Crippen molar-refractivity contribution in [2.75, 3.05) is 13.2 Å². The number of carbonyl (C=O) groups excluding carboxylic acids is 1. The number of hydrogen-bond acceptors (Lipinski definition) is 4. The molecule has 1 aromatic rings. The van der Waals surface area contributed by atoms with E-state index in [1.165, 1.54) is 18.2 Å². The predicted octanol–water partition coefficient (Wildman–Crippen LogP) is 1.47. The molecule has 3 heterocycles. The number of nitrogens with one attached hydrogen (secondary N) is 1. The van der Waals surface area contributed by atoms with Crippen molar-refractivity contribution >= 4 is 11.9 Å². The van der Waals surface area contributed by atoms with Crippen molar-refractivity contribution in [3.63, 3.8) is 0 Å². The highest BCUT2D eigenvalue weighted by molar-refractivity contribution is 5.94. The molecular formula is C15H18N2O4. The summed E-state index contributed by atoms with van der Waals surface area (Å²) in [6.45, 7) is 1.24. The number of pyridine rings is 1. The van der Waals surface area contributed by atoms with Gasteiger partial charge in [-0.25, -0.2) is 9.78 Å². The summed E-state index contributed by atoms with van der Waals surface area (Å²) in [4.78, 5) is 26.8. The number of aromatic nitrogens is 1. The maximum absolute atomic E-state index is 12.1. The van der Waals surface area contributed by atoms with Crippen molar-refractivity contribution in [2.45, 2.75) is 31.3 Å². The Bertz CT molecular complexity index is 551. The number of fused-ring (bicyclic) bond motifs is 3. The van der Waals surface area contributed by atoms with Crippen LogP contribution in [-0.4, -0.2) is 40.7 Å². The first kappa shape index (κ1) is 14.0. The van der Waals surface area contributed by atoms with Gasteiger partial charge in [0.05, 0.1) is 12.2 Å². The van der Waals surface area contributed by atoms with Crippen LogP contribution in [0.4, 0.5) is 0 Å². The number of carboxylic acids is 1. The number of ether oxygens (including phenoxy) is 1. The molecule has 3 fully saturated rings. The van der Waals surface area contributed by atoms with E-state index >= 15 is 0 Å². The van der Waals surface area contributed by atoms with Crippen molar-refractivity contribution in [3.05, 3.63) is 29.6 Å². The van der Waals surface area contributed by atoms with Crippen LogP contribution in [0.1, 0.15) is 46.7 Å². The smallest absolute Gasteiger partial charge is 0.354 e. The lowest BCUT2D eigenvalue weighted by Gasteiger charge is -2.46. The number of carbonyl (C=O) groups is 2. The minimum atomic E-state index is -1.14. The molecule has 1 saturated carbocycles. The summed E-state index contributed by atoms with van der Waals surface area (Å²) in [7, 11) is 0. The summed E-state index contributed by atoms with van der Waals surface area (Å²) >= 11 is 0. The number of hydrogen-bond donors (Lipinski definition) is 2. The predicted molar refractivity (Wildman–Crippen MR) is 74.2 cm³/mol. The normalized spacial score (nSPS) is 27.3. The second-order valence-electron chi connectivity index (χ2n) is 5.83. The fourth-order valence-corrected chi connectivity index (χ4v) is 3.05. The Labute approximate surface area is 122 Å². The van der Waals surface area contributed by atoms with Crippen LogP contribution in [0.5, 0.6) is 0 Å². The van der Waals surface area contributed by atoms with Gasteiger partial charge in [-0.2, -0.15) is 0 Å². The van der Waals surface area contributed by atoms with Crippen molar-refractivity contribution < 1.29 is 19.4 Å². The third-order valence-corrected chi connectivity index (χ3v) is 4.41. The Balaban J connectivity index is 1.64. The maximum Gasteiger partial charge on any atom is 0.354 e. The minimum Gasteiger partial charge on any atom is -0.477 e. The summed E-state index contributed by atoms with van der Waals surface area (Å²) in [6.07, 6.45) is 4.26. The average Bonchev–Trinajstić information content (AvgIpc) is 2.54. The number of nitrogens with zero attached hydrogens (tertiary/aromatic N) is 1. The van der Waals surface area contributed by atoms with E-state index < -0.39 is 5.97 Å². The fourth-order valence-electron chi connectivity index (χ4n) is 3.05. The van der Waals surface area contributed by atoms with Crippen LogP contribution in [0.25, 0.3) is 0 Å². The van der Waals surface area contributed by atoms with Crippen molar-refractivity contribution in [3.8, 4) is 0 Å². The molecule has 21 heavy (non-hydrogen) atoms. The largest absolute Gasteiger partial charge is 0.477 e. The molecule has 0 radical (unpaired) electrons. The van der Waals surface area contributed by atoms with E-state index in [2.05, 4.69) is 10.3 Å². The van der Waals surface area contributed by atoms with Gasteiger partial charge in [-0.15, -0.1) is 0 Å². The first-order valence-corrected chi connectivity index (χ1v) is 7.20. The molecule has 2 N–H and O–H groups in total. The maximum atomic E-state index is 12.1. The SMILES string of the molecule is O=C(O)c1cccc(C(=O)NCC23CCC(CC2)CO3)n1. The van der Waals surface area contributed by atoms with Gasteiger partial charge in [-0.05, 0) is 43.7 Å². The topological polar surface area (TPSA) is 88.5 Å². The van der Waals surface area contributed by atoms with E-state index in [0.29, 0.717) is 12.5 Å². The number of rotatable bonds is 4. The highest BCUT2D eigenvalue weighted by atomic mass is 16.5. The van der Waals surface area contributed by atoms with Gasteiger partial charge < -0.3 is 15.2 Å². The molecule has 0 unspecified atom stereocenters. The highest BCUT2D eigenvalue weighted by Crippen LogP contribution is 2.40. The molecule has 0 aromatic carbocycles. The lowest BCUT2D eigenvalue weighted by Crippen LogP contribution is -2.52. The summed E-state index contributed by atoms with van der Waals surface area (Å²) < 4.78 is 5.88. The fraction of sp³-hybridized carbons (Fsp3) is 0.533. The Morgan fingerprint density at radius 2 is 2.05 bits per heavy atom. The number of carboxylic acid groups (broad SMARTS) is 1. The minimum absolute atomic E-state index is 0.121.